The van der Waals surface area contributed by atoms with Gasteiger partial charge in [-0.15, -0.1) is 0 Å². The van der Waals surface area contributed by atoms with E-state index in [9.17, 15) is 0 Å². The average Bonchev–Trinajstić information content (AvgIpc) is 2.40. The number of alkyl halides is 2. The van der Waals surface area contributed by atoms with Crippen LogP contribution >= 0.6 is 23.4 Å². The van der Waals surface area contributed by atoms with Gasteiger partial charge in [0.25, 0.3) is 0 Å². The van der Waals surface area contributed by atoms with Gasteiger partial charge < -0.3 is 0 Å². The number of halogens is 2. The Hall–Kier alpha value is -0.390. The van der Waals surface area contributed by atoms with Crippen molar-refractivity contribution in [2.24, 2.45) is 0 Å². The predicted octanol–water partition coefficient (Wildman–Crippen LogP) is 1.84. The molecular weight excluding hydrogens is 401 g/mol. The number of benzene rings is 2. The summed E-state index contributed by atoms with van der Waals surface area (Å²) < 4.78 is 2.11. The molecule has 0 radical (unpaired) electrons. The van der Waals surface area contributed by atoms with Crippen LogP contribution in [0.3, 0.4) is 0 Å². The summed E-state index contributed by atoms with van der Waals surface area (Å²) in [5.74, 6) is 0. The molecule has 0 aromatic heterocycles. The SMILES string of the molecule is CSc1ccccc1-c1cc(Cl)cc([C@H]2CC[I-]2)c1N. The summed E-state index contributed by atoms with van der Waals surface area (Å²) in [5, 5.41) is 0.802. The molecular formula is C16H16ClINS-. The third-order valence-corrected chi connectivity index (χ3v) is 8.19. The second-order valence-corrected chi connectivity index (χ2v) is 9.50. The fraction of sp³-hybridized carbons (Fsp3) is 0.250. The molecule has 2 aromatic carbocycles. The van der Waals surface area contributed by atoms with E-state index in [1.165, 1.54) is 26.9 Å². The van der Waals surface area contributed by atoms with E-state index in [2.05, 4.69) is 36.6 Å². The normalized spacial score (nSPS) is 18.2. The molecule has 0 unspecified atom stereocenters. The van der Waals surface area contributed by atoms with E-state index in [-0.39, 0.29) is 21.2 Å². The number of hydrogen-bond acceptors (Lipinski definition) is 2. The van der Waals surface area contributed by atoms with Crippen LogP contribution in [0.1, 0.15) is 15.9 Å². The Bertz CT molecular complexity index is 640. The van der Waals surface area contributed by atoms with E-state index in [4.69, 9.17) is 17.3 Å². The Morgan fingerprint density at radius 1 is 1.25 bits per heavy atom. The number of anilines is 1. The summed E-state index contributed by atoms with van der Waals surface area (Å²) >= 11 is 8.37. The van der Waals surface area contributed by atoms with Crippen LogP contribution in [0.25, 0.3) is 11.1 Å². The summed E-state index contributed by atoms with van der Waals surface area (Å²) in [6, 6.07) is 12.5. The molecule has 0 aliphatic carbocycles. The van der Waals surface area contributed by atoms with Crippen molar-refractivity contribution in [1.82, 2.24) is 0 Å². The summed E-state index contributed by atoms with van der Waals surface area (Å²) in [4.78, 5) is 1.25. The molecule has 106 valence electrons. The number of nitrogens with two attached hydrogens (primary N) is 1. The summed E-state index contributed by atoms with van der Waals surface area (Å²) in [5.41, 5.74) is 11.0. The summed E-state index contributed by atoms with van der Waals surface area (Å²) in [6.45, 7) is 0. The molecule has 1 heterocycles. The molecule has 3 rings (SSSR count). The monoisotopic (exact) mass is 416 g/mol. The molecule has 20 heavy (non-hydrogen) atoms. The Kier molecular flexibility index (Phi) is 4.48. The van der Waals surface area contributed by atoms with Gasteiger partial charge in [0.15, 0.2) is 0 Å². The van der Waals surface area contributed by atoms with Crippen LogP contribution in [-0.4, -0.2) is 10.7 Å². The van der Waals surface area contributed by atoms with Crippen LogP contribution < -0.4 is 26.9 Å². The second kappa shape index (κ2) is 6.16. The zero-order valence-electron chi connectivity index (χ0n) is 11.2. The molecule has 1 saturated heterocycles. The molecule has 1 nitrogen and oxygen atoms in total. The van der Waals surface area contributed by atoms with Crippen LogP contribution in [0.5, 0.6) is 0 Å². The average molecular weight is 417 g/mol. The Morgan fingerprint density at radius 3 is 2.65 bits per heavy atom. The number of nitrogen functional groups attached to an aromatic ring is 1. The summed E-state index contributed by atoms with van der Waals surface area (Å²) in [6.07, 6.45) is 3.37. The van der Waals surface area contributed by atoms with Crippen molar-refractivity contribution in [3.63, 3.8) is 0 Å². The molecule has 4 heteroatoms. The first-order valence-corrected chi connectivity index (χ1v) is 10.9. The van der Waals surface area contributed by atoms with E-state index in [0.717, 1.165) is 16.3 Å². The van der Waals surface area contributed by atoms with Crippen molar-refractivity contribution < 1.29 is 21.2 Å². The van der Waals surface area contributed by atoms with E-state index in [1.807, 2.05) is 6.07 Å². The first-order valence-electron chi connectivity index (χ1n) is 6.50. The maximum atomic E-state index is 6.47. The zero-order valence-corrected chi connectivity index (χ0v) is 14.9. The number of hydrogen-bond donors (Lipinski definition) is 1. The van der Waals surface area contributed by atoms with Crippen LogP contribution in [0.15, 0.2) is 41.3 Å². The van der Waals surface area contributed by atoms with E-state index < -0.39 is 0 Å². The predicted molar refractivity (Wildman–Crippen MR) is 85.3 cm³/mol. The molecule has 1 atom stereocenters. The third kappa shape index (κ3) is 2.68. The zero-order chi connectivity index (χ0) is 14.1. The van der Waals surface area contributed by atoms with Gasteiger partial charge >= 0.3 is 140 Å². The Morgan fingerprint density at radius 2 is 2.00 bits per heavy atom. The van der Waals surface area contributed by atoms with Crippen LogP contribution in [0, 0.1) is 0 Å². The van der Waals surface area contributed by atoms with Crippen LogP contribution in [-0.2, 0) is 0 Å². The molecule has 1 aliphatic rings. The van der Waals surface area contributed by atoms with Crippen molar-refractivity contribution in [2.45, 2.75) is 15.2 Å². The van der Waals surface area contributed by atoms with Gasteiger partial charge in [0.05, 0.1) is 0 Å². The minimum atomic E-state index is 0.279. The van der Waals surface area contributed by atoms with E-state index >= 15 is 0 Å². The quantitative estimate of drug-likeness (QED) is 0.358. The fourth-order valence-corrected chi connectivity index (χ4v) is 5.52. The van der Waals surface area contributed by atoms with Gasteiger partial charge in [0.1, 0.15) is 0 Å². The van der Waals surface area contributed by atoms with E-state index in [1.54, 1.807) is 11.8 Å². The van der Waals surface area contributed by atoms with Crippen molar-refractivity contribution in [1.29, 1.82) is 0 Å². The topological polar surface area (TPSA) is 26.0 Å². The molecule has 0 spiro atoms. The van der Waals surface area contributed by atoms with Crippen molar-refractivity contribution in [3.05, 3.63) is 47.0 Å². The standard InChI is InChI=1S/C16H16ClINS/c1-20-15-5-3-2-4-11(15)12-8-10(17)9-13(16(12)19)14-6-7-18-14/h2-5,8-9,14H,6-7,19H2,1H3/q-1/t14-/m1/s1. The van der Waals surface area contributed by atoms with Gasteiger partial charge in [-0.05, 0) is 0 Å². The Labute approximate surface area is 139 Å². The van der Waals surface area contributed by atoms with Gasteiger partial charge in [-0.25, -0.2) is 0 Å². The van der Waals surface area contributed by atoms with Gasteiger partial charge in [0.2, 0.25) is 0 Å². The Balaban J connectivity index is 2.15. The molecule has 2 N–H and O–H groups in total. The number of thioether (sulfide) groups is 1. The molecule has 1 fully saturated rings. The van der Waals surface area contributed by atoms with Crippen LogP contribution in [0.4, 0.5) is 5.69 Å². The second-order valence-electron chi connectivity index (χ2n) is 4.76. The number of rotatable bonds is 3. The summed E-state index contributed by atoms with van der Waals surface area (Å²) in [7, 11) is 0. The first kappa shape index (κ1) is 14.5. The molecule has 2 aromatic rings. The van der Waals surface area contributed by atoms with Gasteiger partial charge in [-0.1, -0.05) is 0 Å². The molecule has 0 saturated carbocycles. The first-order chi connectivity index (χ1) is 9.70. The third-order valence-electron chi connectivity index (χ3n) is 3.57. The minimum absolute atomic E-state index is 0.279. The molecule has 0 bridgehead atoms. The maximum absolute atomic E-state index is 6.47. The van der Waals surface area contributed by atoms with Crippen LogP contribution in [0.2, 0.25) is 5.02 Å². The molecule has 0 amide bonds. The van der Waals surface area contributed by atoms with Gasteiger partial charge in [-0.3, -0.25) is 0 Å². The fourth-order valence-electron chi connectivity index (χ4n) is 2.45. The van der Waals surface area contributed by atoms with E-state index in [0.29, 0.717) is 3.92 Å². The van der Waals surface area contributed by atoms with Gasteiger partial charge in [-0.2, -0.15) is 0 Å². The molecule has 1 aliphatic heterocycles. The van der Waals surface area contributed by atoms with Gasteiger partial charge in [0, 0.05) is 0 Å². The van der Waals surface area contributed by atoms with Crippen molar-refractivity contribution >= 4 is 29.1 Å². The van der Waals surface area contributed by atoms with Crippen molar-refractivity contribution in [3.8, 4) is 11.1 Å². The van der Waals surface area contributed by atoms with Crippen molar-refractivity contribution in [2.75, 3.05) is 16.4 Å².